The summed E-state index contributed by atoms with van der Waals surface area (Å²) in [6.45, 7) is -0.689. The van der Waals surface area contributed by atoms with E-state index in [-0.39, 0.29) is 19.0 Å². The highest BCUT2D eigenvalue weighted by molar-refractivity contribution is 5.85. The highest BCUT2D eigenvalue weighted by Gasteiger charge is 2.42. The van der Waals surface area contributed by atoms with E-state index in [1.807, 2.05) is 0 Å². The van der Waals surface area contributed by atoms with E-state index < -0.39 is 30.1 Å². The van der Waals surface area contributed by atoms with E-state index in [0.717, 1.165) is 12.8 Å². The largest absolute Gasteiger partial charge is 0.416 e. The SMILES string of the molecule is Cl.NCC1(C(=O)NCC(O)C(F)(F)F)CCCC1. The van der Waals surface area contributed by atoms with Gasteiger partial charge in [-0.25, -0.2) is 0 Å². The van der Waals surface area contributed by atoms with Crippen LogP contribution in [0.25, 0.3) is 0 Å². The third-order valence-electron chi connectivity index (χ3n) is 3.27. The van der Waals surface area contributed by atoms with Crippen LogP contribution in [0.15, 0.2) is 0 Å². The van der Waals surface area contributed by atoms with Gasteiger partial charge >= 0.3 is 6.18 Å². The van der Waals surface area contributed by atoms with E-state index in [2.05, 4.69) is 5.32 Å². The molecule has 0 heterocycles. The molecule has 108 valence electrons. The van der Waals surface area contributed by atoms with Crippen LogP contribution >= 0.6 is 12.4 Å². The lowest BCUT2D eigenvalue weighted by atomic mass is 9.85. The summed E-state index contributed by atoms with van der Waals surface area (Å²) in [7, 11) is 0. The average Bonchev–Trinajstić information content (AvgIpc) is 2.73. The number of aliphatic hydroxyl groups is 1. The smallest absolute Gasteiger partial charge is 0.382 e. The number of nitrogens with two attached hydrogens (primary N) is 1. The van der Waals surface area contributed by atoms with Crippen LogP contribution in [0, 0.1) is 5.41 Å². The first-order valence-electron chi connectivity index (χ1n) is 5.55. The van der Waals surface area contributed by atoms with Crippen molar-refractivity contribution in [3.63, 3.8) is 0 Å². The molecule has 1 saturated carbocycles. The topological polar surface area (TPSA) is 75.4 Å². The van der Waals surface area contributed by atoms with Gasteiger partial charge in [0, 0.05) is 6.54 Å². The Labute approximate surface area is 110 Å². The lowest BCUT2D eigenvalue weighted by Crippen LogP contribution is -2.48. The molecule has 1 amide bonds. The number of amides is 1. The number of hydrogen-bond donors (Lipinski definition) is 3. The summed E-state index contributed by atoms with van der Waals surface area (Å²) in [4.78, 5) is 11.8. The third kappa shape index (κ3) is 4.00. The quantitative estimate of drug-likeness (QED) is 0.722. The van der Waals surface area contributed by atoms with Gasteiger partial charge in [-0.05, 0) is 12.8 Å². The number of carbonyl (C=O) groups excluding carboxylic acids is 1. The molecule has 1 fully saturated rings. The van der Waals surface area contributed by atoms with Gasteiger partial charge in [0.15, 0.2) is 6.10 Å². The molecule has 0 spiro atoms. The number of alkyl halides is 3. The molecule has 1 aliphatic carbocycles. The zero-order chi connectivity index (χ0) is 13.1. The van der Waals surface area contributed by atoms with Crippen LogP contribution < -0.4 is 11.1 Å². The van der Waals surface area contributed by atoms with Crippen LogP contribution in [0.4, 0.5) is 13.2 Å². The normalized spacial score (nSPS) is 20.1. The summed E-state index contributed by atoms with van der Waals surface area (Å²) in [6, 6.07) is 0. The van der Waals surface area contributed by atoms with Gasteiger partial charge < -0.3 is 16.2 Å². The molecule has 0 aromatic heterocycles. The lowest BCUT2D eigenvalue weighted by molar-refractivity contribution is -0.202. The second-order valence-corrected chi connectivity index (χ2v) is 4.46. The fourth-order valence-corrected chi connectivity index (χ4v) is 2.07. The Kier molecular flexibility index (Phi) is 6.39. The van der Waals surface area contributed by atoms with Crippen LogP contribution in [-0.4, -0.2) is 36.4 Å². The first-order chi connectivity index (χ1) is 7.82. The Morgan fingerprint density at radius 3 is 2.28 bits per heavy atom. The summed E-state index contributed by atoms with van der Waals surface area (Å²) < 4.78 is 36.1. The van der Waals surface area contributed by atoms with E-state index in [9.17, 15) is 18.0 Å². The van der Waals surface area contributed by atoms with Crippen molar-refractivity contribution in [3.8, 4) is 0 Å². The molecule has 0 saturated heterocycles. The van der Waals surface area contributed by atoms with Crippen LogP contribution in [0.2, 0.25) is 0 Å². The maximum Gasteiger partial charge on any atom is 0.416 e. The van der Waals surface area contributed by atoms with Crippen LogP contribution in [0.3, 0.4) is 0 Å². The standard InChI is InChI=1S/C10H17F3N2O2.ClH/c11-10(12,13)7(16)5-15-8(17)9(6-14)3-1-2-4-9;/h7,16H,1-6,14H2,(H,15,17);1H. The Morgan fingerprint density at radius 2 is 1.89 bits per heavy atom. The van der Waals surface area contributed by atoms with Gasteiger partial charge in [-0.1, -0.05) is 12.8 Å². The summed E-state index contributed by atoms with van der Waals surface area (Å²) in [5.74, 6) is -0.485. The van der Waals surface area contributed by atoms with Crippen molar-refractivity contribution in [3.05, 3.63) is 0 Å². The van der Waals surface area contributed by atoms with Crippen molar-refractivity contribution in [2.24, 2.45) is 11.1 Å². The Bertz CT molecular complexity index is 281. The number of hydrogen-bond acceptors (Lipinski definition) is 3. The van der Waals surface area contributed by atoms with E-state index in [1.165, 1.54) is 0 Å². The Morgan fingerprint density at radius 1 is 1.39 bits per heavy atom. The minimum absolute atomic E-state index is 0. The van der Waals surface area contributed by atoms with E-state index in [1.54, 1.807) is 0 Å². The third-order valence-corrected chi connectivity index (χ3v) is 3.27. The predicted molar refractivity (Wildman–Crippen MR) is 62.3 cm³/mol. The Balaban J connectivity index is 0.00000289. The second kappa shape index (κ2) is 6.58. The highest BCUT2D eigenvalue weighted by atomic mass is 35.5. The number of halogens is 4. The Hall–Kier alpha value is -0.530. The van der Waals surface area contributed by atoms with Crippen molar-refractivity contribution >= 4 is 18.3 Å². The molecule has 1 unspecified atom stereocenters. The van der Waals surface area contributed by atoms with Gasteiger partial charge in [0.25, 0.3) is 0 Å². The zero-order valence-corrected chi connectivity index (χ0v) is 10.6. The fraction of sp³-hybridized carbons (Fsp3) is 0.900. The van der Waals surface area contributed by atoms with Crippen molar-refractivity contribution in [2.75, 3.05) is 13.1 Å². The molecule has 4 nitrogen and oxygen atoms in total. The molecule has 18 heavy (non-hydrogen) atoms. The van der Waals surface area contributed by atoms with Crippen molar-refractivity contribution in [2.45, 2.75) is 38.0 Å². The molecule has 0 bridgehead atoms. The maximum absolute atomic E-state index is 12.0. The molecule has 0 radical (unpaired) electrons. The minimum Gasteiger partial charge on any atom is -0.382 e. The van der Waals surface area contributed by atoms with Crippen molar-refractivity contribution in [1.29, 1.82) is 0 Å². The average molecular weight is 291 g/mol. The summed E-state index contributed by atoms with van der Waals surface area (Å²) in [5, 5.41) is 10.9. The van der Waals surface area contributed by atoms with E-state index in [0.29, 0.717) is 12.8 Å². The molecule has 0 aliphatic heterocycles. The lowest BCUT2D eigenvalue weighted by Gasteiger charge is -2.26. The van der Waals surface area contributed by atoms with Gasteiger partial charge in [0.2, 0.25) is 5.91 Å². The molecule has 1 aliphatic rings. The first kappa shape index (κ1) is 17.5. The van der Waals surface area contributed by atoms with Crippen molar-refractivity contribution in [1.82, 2.24) is 5.32 Å². The predicted octanol–water partition coefficient (Wildman–Crippen LogP) is 0.967. The van der Waals surface area contributed by atoms with E-state index in [4.69, 9.17) is 10.8 Å². The molecular formula is C10H18ClF3N2O2. The summed E-state index contributed by atoms with van der Waals surface area (Å²) in [5.41, 5.74) is 4.77. The molecule has 0 aromatic carbocycles. The number of carbonyl (C=O) groups is 1. The highest BCUT2D eigenvalue weighted by Crippen LogP contribution is 2.37. The molecule has 4 N–H and O–H groups in total. The molecule has 1 atom stereocenters. The zero-order valence-electron chi connectivity index (χ0n) is 9.79. The summed E-state index contributed by atoms with van der Waals surface area (Å²) >= 11 is 0. The fourth-order valence-electron chi connectivity index (χ4n) is 2.07. The first-order valence-corrected chi connectivity index (χ1v) is 5.55. The summed E-state index contributed by atoms with van der Waals surface area (Å²) in [6.07, 6.45) is -4.34. The van der Waals surface area contributed by atoms with E-state index >= 15 is 0 Å². The van der Waals surface area contributed by atoms with Gasteiger partial charge in [-0.15, -0.1) is 12.4 Å². The maximum atomic E-state index is 12.0. The van der Waals surface area contributed by atoms with Gasteiger partial charge in [-0.2, -0.15) is 13.2 Å². The molecule has 1 rings (SSSR count). The monoisotopic (exact) mass is 290 g/mol. The minimum atomic E-state index is -4.71. The van der Waals surface area contributed by atoms with Gasteiger partial charge in [-0.3, -0.25) is 4.79 Å². The molecule has 0 aromatic rings. The van der Waals surface area contributed by atoms with Gasteiger partial charge in [0.1, 0.15) is 0 Å². The van der Waals surface area contributed by atoms with Crippen LogP contribution in [-0.2, 0) is 4.79 Å². The number of nitrogens with one attached hydrogen (secondary N) is 1. The number of rotatable bonds is 4. The van der Waals surface area contributed by atoms with Gasteiger partial charge in [0.05, 0.1) is 12.0 Å². The molecule has 8 heteroatoms. The molecular weight excluding hydrogens is 273 g/mol. The number of aliphatic hydroxyl groups excluding tert-OH is 1. The van der Waals surface area contributed by atoms with Crippen LogP contribution in [0.1, 0.15) is 25.7 Å². The van der Waals surface area contributed by atoms with Crippen LogP contribution in [0.5, 0.6) is 0 Å². The van der Waals surface area contributed by atoms with Crippen molar-refractivity contribution < 1.29 is 23.1 Å². The second-order valence-electron chi connectivity index (χ2n) is 4.46.